The average molecular weight is 441 g/mol. The van der Waals surface area contributed by atoms with Crippen molar-refractivity contribution in [2.24, 2.45) is 0 Å². The number of thioether (sulfide) groups is 1. The lowest BCUT2D eigenvalue weighted by Gasteiger charge is -2.20. The summed E-state index contributed by atoms with van der Waals surface area (Å²) < 4.78 is 38.9. The number of benzene rings is 1. The Morgan fingerprint density at radius 2 is 1.77 bits per heavy atom. The Morgan fingerprint density at radius 3 is 2.33 bits per heavy atom. The van der Waals surface area contributed by atoms with Crippen LogP contribution in [0.3, 0.4) is 0 Å². The number of alkyl halides is 3. The van der Waals surface area contributed by atoms with Crippen LogP contribution in [0.5, 0.6) is 0 Å². The van der Waals surface area contributed by atoms with Crippen molar-refractivity contribution in [3.8, 4) is 11.4 Å². The van der Waals surface area contributed by atoms with Gasteiger partial charge in [0.15, 0.2) is 11.0 Å². The Hall–Kier alpha value is -2.03. The summed E-state index contributed by atoms with van der Waals surface area (Å²) in [7, 11) is 0. The minimum Gasteiger partial charge on any atom is -0.346 e. The van der Waals surface area contributed by atoms with E-state index in [9.17, 15) is 18.0 Å². The van der Waals surface area contributed by atoms with Crippen LogP contribution < -0.4 is 5.32 Å². The first-order valence-electron chi connectivity index (χ1n) is 10.1. The van der Waals surface area contributed by atoms with E-state index in [-0.39, 0.29) is 17.2 Å². The SMILES string of the molecule is CC(C)(C)c1ccc(-c2nnc(SCC(=O)NCC(F)(F)F)n2C2CCCC2)cc1. The molecule has 9 heteroatoms. The number of carbonyl (C=O) groups excluding carboxylic acids is 1. The first-order chi connectivity index (χ1) is 14.0. The highest BCUT2D eigenvalue weighted by atomic mass is 32.2. The minimum atomic E-state index is -4.42. The van der Waals surface area contributed by atoms with E-state index < -0.39 is 18.6 Å². The molecule has 0 radical (unpaired) electrons. The van der Waals surface area contributed by atoms with Gasteiger partial charge in [0.25, 0.3) is 0 Å². The van der Waals surface area contributed by atoms with Crippen molar-refractivity contribution in [3.63, 3.8) is 0 Å². The van der Waals surface area contributed by atoms with Gasteiger partial charge in [0.2, 0.25) is 5.91 Å². The van der Waals surface area contributed by atoms with Gasteiger partial charge in [-0.1, -0.05) is 69.6 Å². The van der Waals surface area contributed by atoms with E-state index >= 15 is 0 Å². The Morgan fingerprint density at radius 1 is 1.13 bits per heavy atom. The van der Waals surface area contributed by atoms with E-state index in [1.54, 1.807) is 0 Å². The van der Waals surface area contributed by atoms with Crippen molar-refractivity contribution < 1.29 is 18.0 Å². The number of aromatic nitrogens is 3. The van der Waals surface area contributed by atoms with Crippen LogP contribution in [0.1, 0.15) is 58.1 Å². The molecule has 0 unspecified atom stereocenters. The van der Waals surface area contributed by atoms with E-state index in [0.717, 1.165) is 48.8 Å². The van der Waals surface area contributed by atoms with E-state index in [1.807, 2.05) is 17.4 Å². The van der Waals surface area contributed by atoms with E-state index in [1.165, 1.54) is 5.56 Å². The molecule has 5 nitrogen and oxygen atoms in total. The number of rotatable bonds is 6. The third-order valence-electron chi connectivity index (χ3n) is 5.18. The standard InChI is InChI=1S/C21H27F3N4OS/c1-20(2,3)15-10-8-14(9-11-15)18-26-27-19(28(18)16-6-4-5-7-16)30-12-17(29)25-13-21(22,23)24/h8-11,16H,4-7,12-13H2,1-3H3,(H,25,29). The fraction of sp³-hybridized carbons (Fsp3) is 0.571. The molecule has 1 saturated carbocycles. The number of carbonyl (C=O) groups is 1. The molecule has 1 aliphatic rings. The molecule has 0 atom stereocenters. The summed E-state index contributed by atoms with van der Waals surface area (Å²) in [4.78, 5) is 11.8. The maximum absolute atomic E-state index is 12.3. The van der Waals surface area contributed by atoms with Crippen LogP contribution in [0.25, 0.3) is 11.4 Å². The molecule has 30 heavy (non-hydrogen) atoms. The van der Waals surface area contributed by atoms with Gasteiger partial charge < -0.3 is 5.32 Å². The molecule has 2 aromatic rings. The van der Waals surface area contributed by atoms with Gasteiger partial charge in [-0.15, -0.1) is 10.2 Å². The molecular formula is C21H27F3N4OS. The van der Waals surface area contributed by atoms with E-state index in [0.29, 0.717) is 5.16 Å². The lowest BCUT2D eigenvalue weighted by molar-refractivity contribution is -0.136. The normalized spacial score (nSPS) is 15.5. The molecule has 1 N–H and O–H groups in total. The summed E-state index contributed by atoms with van der Waals surface area (Å²) >= 11 is 1.13. The summed E-state index contributed by atoms with van der Waals surface area (Å²) in [6.07, 6.45) is -0.197. The molecule has 0 aliphatic heterocycles. The van der Waals surface area contributed by atoms with Crippen LogP contribution in [0.15, 0.2) is 29.4 Å². The molecule has 1 fully saturated rings. The van der Waals surface area contributed by atoms with Crippen LogP contribution in [-0.4, -0.2) is 39.1 Å². The Bertz CT molecular complexity index is 866. The summed E-state index contributed by atoms with van der Waals surface area (Å²) in [5.74, 6) is -0.0703. The average Bonchev–Trinajstić information content (AvgIpc) is 3.32. The highest BCUT2D eigenvalue weighted by Gasteiger charge is 2.28. The predicted molar refractivity (Wildman–Crippen MR) is 111 cm³/mol. The number of nitrogens with zero attached hydrogens (tertiary/aromatic N) is 3. The second-order valence-electron chi connectivity index (χ2n) is 8.62. The molecule has 1 aromatic carbocycles. The molecule has 1 heterocycles. The molecule has 3 rings (SSSR count). The van der Waals surface area contributed by atoms with E-state index in [4.69, 9.17) is 0 Å². The topological polar surface area (TPSA) is 59.8 Å². The molecule has 1 aliphatic carbocycles. The van der Waals surface area contributed by atoms with Gasteiger partial charge in [-0.2, -0.15) is 13.2 Å². The largest absolute Gasteiger partial charge is 0.405 e. The number of hydrogen-bond acceptors (Lipinski definition) is 4. The number of halogens is 3. The van der Waals surface area contributed by atoms with Gasteiger partial charge in [-0.25, -0.2) is 0 Å². The number of hydrogen-bond donors (Lipinski definition) is 1. The highest BCUT2D eigenvalue weighted by Crippen LogP contribution is 2.37. The summed E-state index contributed by atoms with van der Waals surface area (Å²) in [5, 5.41) is 11.1. The highest BCUT2D eigenvalue weighted by molar-refractivity contribution is 7.99. The van der Waals surface area contributed by atoms with Crippen molar-refractivity contribution in [3.05, 3.63) is 29.8 Å². The zero-order chi connectivity index (χ0) is 21.9. The van der Waals surface area contributed by atoms with Crippen LogP contribution in [-0.2, 0) is 10.2 Å². The quantitative estimate of drug-likeness (QED) is 0.633. The van der Waals surface area contributed by atoms with E-state index in [2.05, 4.69) is 47.7 Å². The van der Waals surface area contributed by atoms with Gasteiger partial charge in [0.1, 0.15) is 6.54 Å². The van der Waals surface area contributed by atoms with Crippen molar-refractivity contribution in [2.75, 3.05) is 12.3 Å². The second kappa shape index (κ2) is 8.99. The monoisotopic (exact) mass is 440 g/mol. The number of nitrogens with one attached hydrogen (secondary N) is 1. The Balaban J connectivity index is 1.80. The van der Waals surface area contributed by atoms with Crippen molar-refractivity contribution >= 4 is 17.7 Å². The zero-order valence-corrected chi connectivity index (χ0v) is 18.2. The molecule has 0 bridgehead atoms. The summed E-state index contributed by atoms with van der Waals surface area (Å²) in [6.45, 7) is 5.14. The number of amides is 1. The maximum atomic E-state index is 12.3. The van der Waals surface area contributed by atoms with Gasteiger partial charge in [-0.05, 0) is 23.8 Å². The molecule has 0 saturated heterocycles. The molecule has 164 valence electrons. The molecule has 0 spiro atoms. The maximum Gasteiger partial charge on any atom is 0.405 e. The van der Waals surface area contributed by atoms with Crippen molar-refractivity contribution in [1.82, 2.24) is 20.1 Å². The van der Waals surface area contributed by atoms with Gasteiger partial charge in [0.05, 0.1) is 5.75 Å². The van der Waals surface area contributed by atoms with Crippen LogP contribution >= 0.6 is 11.8 Å². The third kappa shape index (κ3) is 5.77. The minimum absolute atomic E-state index is 0.0441. The van der Waals surface area contributed by atoms with Crippen LogP contribution in [0.4, 0.5) is 13.2 Å². The lowest BCUT2D eigenvalue weighted by atomic mass is 9.86. The predicted octanol–water partition coefficient (Wildman–Crippen LogP) is 5.13. The first kappa shape index (κ1) is 22.7. The smallest absolute Gasteiger partial charge is 0.346 e. The van der Waals surface area contributed by atoms with Crippen LogP contribution in [0, 0.1) is 0 Å². The van der Waals surface area contributed by atoms with Crippen molar-refractivity contribution in [1.29, 1.82) is 0 Å². The fourth-order valence-electron chi connectivity index (χ4n) is 3.56. The summed E-state index contributed by atoms with van der Waals surface area (Å²) in [5.41, 5.74) is 2.20. The fourth-order valence-corrected chi connectivity index (χ4v) is 4.40. The van der Waals surface area contributed by atoms with Gasteiger partial charge in [0, 0.05) is 11.6 Å². The van der Waals surface area contributed by atoms with Gasteiger partial charge >= 0.3 is 6.18 Å². The third-order valence-corrected chi connectivity index (χ3v) is 6.12. The Kier molecular flexibility index (Phi) is 6.79. The first-order valence-corrected chi connectivity index (χ1v) is 11.1. The lowest BCUT2D eigenvalue weighted by Crippen LogP contribution is -2.34. The molecule has 1 aromatic heterocycles. The van der Waals surface area contributed by atoms with Crippen LogP contribution in [0.2, 0.25) is 0 Å². The van der Waals surface area contributed by atoms with Gasteiger partial charge in [-0.3, -0.25) is 9.36 Å². The molecular weight excluding hydrogens is 413 g/mol. The zero-order valence-electron chi connectivity index (χ0n) is 17.4. The van der Waals surface area contributed by atoms with Crippen molar-refractivity contribution in [2.45, 2.75) is 69.2 Å². The second-order valence-corrected chi connectivity index (χ2v) is 9.56. The molecule has 1 amide bonds. The Labute approximate surface area is 178 Å². The summed E-state index contributed by atoms with van der Waals surface area (Å²) in [6, 6.07) is 8.46.